The van der Waals surface area contributed by atoms with Crippen LogP contribution in [0.4, 0.5) is 0 Å². The SMILES string of the molecule is Cc1cc2c(cc1-c1ccc3ccccc3n1)-c1cc(C)c(-c3cc4c(cc3C)-c3cc(-c5ccc6ccccc6n5)c(C)cc3C4(C)C)cc1C2(C)C. The first-order valence-electron chi connectivity index (χ1n) is 19.2. The van der Waals surface area contributed by atoms with E-state index in [0.717, 1.165) is 22.4 Å². The first-order chi connectivity index (χ1) is 25.9. The van der Waals surface area contributed by atoms with E-state index in [1.165, 1.54) is 99.8 Å². The van der Waals surface area contributed by atoms with Crippen LogP contribution in [0.25, 0.3) is 77.7 Å². The molecule has 2 heterocycles. The van der Waals surface area contributed by atoms with E-state index in [1.54, 1.807) is 0 Å². The summed E-state index contributed by atoms with van der Waals surface area (Å²) in [5.41, 5.74) is 25.0. The summed E-state index contributed by atoms with van der Waals surface area (Å²) >= 11 is 0. The molecule has 2 aliphatic rings. The lowest BCUT2D eigenvalue weighted by molar-refractivity contribution is 0.659. The van der Waals surface area contributed by atoms with Gasteiger partial charge in [-0.1, -0.05) is 100 Å². The fourth-order valence-electron chi connectivity index (χ4n) is 9.65. The molecule has 8 aromatic rings. The molecule has 6 aromatic carbocycles. The molecule has 262 valence electrons. The molecular formula is C52H44N2. The molecule has 0 radical (unpaired) electrons. The van der Waals surface area contributed by atoms with Crippen LogP contribution in [-0.4, -0.2) is 9.97 Å². The number of hydrogen-bond donors (Lipinski definition) is 0. The molecule has 0 unspecified atom stereocenters. The van der Waals surface area contributed by atoms with Crippen molar-refractivity contribution in [3.8, 4) is 55.9 Å². The maximum absolute atomic E-state index is 5.09. The first kappa shape index (κ1) is 32.8. The van der Waals surface area contributed by atoms with Gasteiger partial charge in [-0.3, -0.25) is 0 Å². The Bertz CT molecular complexity index is 2720. The number of para-hydroxylation sites is 2. The Morgan fingerprint density at radius 2 is 0.685 bits per heavy atom. The summed E-state index contributed by atoms with van der Waals surface area (Å²) in [6, 6.07) is 45.0. The van der Waals surface area contributed by atoms with Crippen molar-refractivity contribution in [1.29, 1.82) is 0 Å². The van der Waals surface area contributed by atoms with Crippen LogP contribution in [-0.2, 0) is 10.8 Å². The monoisotopic (exact) mass is 696 g/mol. The van der Waals surface area contributed by atoms with Crippen molar-refractivity contribution < 1.29 is 0 Å². The number of hydrogen-bond acceptors (Lipinski definition) is 2. The molecule has 0 fully saturated rings. The van der Waals surface area contributed by atoms with E-state index in [9.17, 15) is 0 Å². The summed E-state index contributed by atoms with van der Waals surface area (Å²) in [6.45, 7) is 18.6. The van der Waals surface area contributed by atoms with Crippen LogP contribution in [0.3, 0.4) is 0 Å². The zero-order valence-electron chi connectivity index (χ0n) is 32.4. The Kier molecular flexibility index (Phi) is 6.87. The maximum Gasteiger partial charge on any atom is 0.0712 e. The lowest BCUT2D eigenvalue weighted by Gasteiger charge is -2.25. The highest BCUT2D eigenvalue weighted by Crippen LogP contribution is 2.55. The van der Waals surface area contributed by atoms with E-state index < -0.39 is 0 Å². The van der Waals surface area contributed by atoms with Crippen LogP contribution in [0.15, 0.2) is 121 Å². The lowest BCUT2D eigenvalue weighted by Crippen LogP contribution is -2.16. The number of benzene rings is 6. The normalized spacial score (nSPS) is 14.6. The maximum atomic E-state index is 5.09. The molecule has 2 aromatic heterocycles. The Morgan fingerprint density at radius 3 is 1.11 bits per heavy atom. The van der Waals surface area contributed by atoms with Crippen molar-refractivity contribution in [3.63, 3.8) is 0 Å². The average Bonchev–Trinajstić information content (AvgIpc) is 3.50. The van der Waals surface area contributed by atoms with Gasteiger partial charge < -0.3 is 0 Å². The molecule has 0 saturated heterocycles. The summed E-state index contributed by atoms with van der Waals surface area (Å²) in [5.74, 6) is 0. The van der Waals surface area contributed by atoms with Gasteiger partial charge in [0.05, 0.1) is 22.4 Å². The molecule has 0 amide bonds. The van der Waals surface area contributed by atoms with Crippen LogP contribution >= 0.6 is 0 Å². The minimum atomic E-state index is -0.127. The van der Waals surface area contributed by atoms with Gasteiger partial charge in [0.25, 0.3) is 0 Å². The van der Waals surface area contributed by atoms with Crippen LogP contribution in [0.5, 0.6) is 0 Å². The van der Waals surface area contributed by atoms with Crippen molar-refractivity contribution in [2.24, 2.45) is 0 Å². The standard InChI is InChI=1S/C52H44N2/c1-29-21-39-41-25-37(49-19-17-33-13-9-11-15-47(33)53-49)31(3)23-43(41)51(5,6)45(39)27-35(29)36-28-46-40(22-30(36)2)42-26-38(32(4)24-44(42)52(46,7)8)50-20-18-34-14-10-12-16-48(34)54-50/h9-28H,1-8H3. The molecule has 54 heavy (non-hydrogen) atoms. The van der Waals surface area contributed by atoms with Gasteiger partial charge in [0.2, 0.25) is 0 Å². The fraction of sp³-hybridized carbons (Fsp3) is 0.192. The number of rotatable bonds is 3. The summed E-state index contributed by atoms with van der Waals surface area (Å²) in [7, 11) is 0. The molecule has 2 nitrogen and oxygen atoms in total. The molecular weight excluding hydrogens is 653 g/mol. The quantitative estimate of drug-likeness (QED) is 0.184. The van der Waals surface area contributed by atoms with E-state index in [-0.39, 0.29) is 10.8 Å². The molecule has 0 spiro atoms. The van der Waals surface area contributed by atoms with Crippen molar-refractivity contribution in [2.75, 3.05) is 0 Å². The second-order valence-electron chi connectivity index (χ2n) is 16.9. The summed E-state index contributed by atoms with van der Waals surface area (Å²) < 4.78 is 0. The van der Waals surface area contributed by atoms with Gasteiger partial charge in [-0.05, 0) is 154 Å². The lowest BCUT2D eigenvalue weighted by atomic mass is 9.78. The van der Waals surface area contributed by atoms with Crippen molar-refractivity contribution >= 4 is 21.8 Å². The average molecular weight is 697 g/mol. The van der Waals surface area contributed by atoms with Crippen LogP contribution < -0.4 is 0 Å². The number of aromatic nitrogens is 2. The van der Waals surface area contributed by atoms with Crippen molar-refractivity contribution in [3.05, 3.63) is 166 Å². The van der Waals surface area contributed by atoms with Crippen molar-refractivity contribution in [2.45, 2.75) is 66.2 Å². The highest BCUT2D eigenvalue weighted by Gasteiger charge is 2.39. The number of nitrogens with zero attached hydrogens (tertiary/aromatic N) is 2. The highest BCUT2D eigenvalue weighted by molar-refractivity contribution is 5.92. The van der Waals surface area contributed by atoms with Gasteiger partial charge in [0, 0.05) is 32.7 Å². The summed E-state index contributed by atoms with van der Waals surface area (Å²) in [6.07, 6.45) is 0. The third-order valence-corrected chi connectivity index (χ3v) is 12.8. The predicted octanol–water partition coefficient (Wildman–Crippen LogP) is 13.6. The second kappa shape index (κ2) is 11.3. The highest BCUT2D eigenvalue weighted by atomic mass is 14.7. The van der Waals surface area contributed by atoms with Crippen LogP contribution in [0.2, 0.25) is 0 Å². The second-order valence-corrected chi connectivity index (χ2v) is 16.9. The van der Waals surface area contributed by atoms with E-state index >= 15 is 0 Å². The third-order valence-electron chi connectivity index (χ3n) is 12.8. The Hall–Kier alpha value is -5.86. The Morgan fingerprint density at radius 1 is 0.333 bits per heavy atom. The number of aryl methyl sites for hydroxylation is 4. The number of fused-ring (bicyclic) bond motifs is 8. The zero-order chi connectivity index (χ0) is 37.3. The van der Waals surface area contributed by atoms with Gasteiger partial charge >= 0.3 is 0 Å². The van der Waals surface area contributed by atoms with E-state index in [1.807, 2.05) is 0 Å². The molecule has 2 heteroatoms. The van der Waals surface area contributed by atoms with Crippen LogP contribution in [0, 0.1) is 27.7 Å². The first-order valence-corrected chi connectivity index (χ1v) is 19.2. The fourth-order valence-corrected chi connectivity index (χ4v) is 9.65. The molecule has 2 aliphatic carbocycles. The van der Waals surface area contributed by atoms with Gasteiger partial charge in [-0.2, -0.15) is 0 Å². The van der Waals surface area contributed by atoms with Gasteiger partial charge in [-0.25, -0.2) is 9.97 Å². The molecule has 0 atom stereocenters. The largest absolute Gasteiger partial charge is 0.248 e. The molecule has 0 N–H and O–H groups in total. The Balaban J connectivity index is 1.08. The van der Waals surface area contributed by atoms with E-state index in [2.05, 4.69) is 177 Å². The summed E-state index contributed by atoms with van der Waals surface area (Å²) in [4.78, 5) is 10.2. The van der Waals surface area contributed by atoms with Crippen LogP contribution in [0.1, 0.15) is 72.2 Å². The van der Waals surface area contributed by atoms with E-state index in [4.69, 9.17) is 9.97 Å². The zero-order valence-corrected chi connectivity index (χ0v) is 32.4. The minimum absolute atomic E-state index is 0.127. The van der Waals surface area contributed by atoms with Crippen molar-refractivity contribution in [1.82, 2.24) is 9.97 Å². The minimum Gasteiger partial charge on any atom is -0.248 e. The number of pyridine rings is 2. The topological polar surface area (TPSA) is 25.8 Å². The molecule has 0 saturated carbocycles. The smallest absolute Gasteiger partial charge is 0.0712 e. The van der Waals surface area contributed by atoms with Gasteiger partial charge in [0.15, 0.2) is 0 Å². The third kappa shape index (κ3) is 4.65. The van der Waals surface area contributed by atoms with Gasteiger partial charge in [-0.15, -0.1) is 0 Å². The predicted molar refractivity (Wildman–Crippen MR) is 227 cm³/mol. The Labute approximate surface area is 318 Å². The molecule has 0 aliphatic heterocycles. The van der Waals surface area contributed by atoms with Gasteiger partial charge in [0.1, 0.15) is 0 Å². The molecule has 0 bridgehead atoms. The summed E-state index contributed by atoms with van der Waals surface area (Å²) in [5, 5.41) is 2.34. The van der Waals surface area contributed by atoms with E-state index in [0.29, 0.717) is 0 Å². The molecule has 10 rings (SSSR count).